The van der Waals surface area contributed by atoms with E-state index in [-0.39, 0.29) is 11.8 Å². The lowest BCUT2D eigenvalue weighted by atomic mass is 10.1. The summed E-state index contributed by atoms with van der Waals surface area (Å²) < 4.78 is 0. The molecule has 0 saturated carbocycles. The van der Waals surface area contributed by atoms with Crippen LogP contribution in [-0.2, 0) is 17.0 Å². The Hall–Kier alpha value is -2.78. The van der Waals surface area contributed by atoms with Gasteiger partial charge in [-0.3, -0.25) is 9.59 Å². The van der Waals surface area contributed by atoms with Crippen LogP contribution < -0.4 is 10.2 Å². The molecule has 5 nitrogen and oxygen atoms in total. The molecule has 0 atom stereocenters. The molecule has 6 heteroatoms. The van der Waals surface area contributed by atoms with Crippen molar-refractivity contribution in [3.05, 3.63) is 64.7 Å². The standard InChI is InChI=1S/C22H23N3O2S/c1-2-21(26)25-11-9-16-13-17(7-8-20(16)25)22(27)24-10-12-28-15-19-6-4-3-5-18(19)14-23/h3-8,13H,2,9-12,15H2,1H3,(H,24,27). The second kappa shape index (κ2) is 9.43. The number of rotatable bonds is 7. The van der Waals surface area contributed by atoms with Crippen molar-refractivity contribution in [2.75, 3.05) is 23.7 Å². The van der Waals surface area contributed by atoms with Gasteiger partial charge >= 0.3 is 0 Å². The lowest BCUT2D eigenvalue weighted by Gasteiger charge is -2.16. The number of fused-ring (bicyclic) bond motifs is 1. The summed E-state index contributed by atoms with van der Waals surface area (Å²) in [4.78, 5) is 26.2. The molecular weight excluding hydrogens is 370 g/mol. The van der Waals surface area contributed by atoms with Gasteiger partial charge in [-0.05, 0) is 41.8 Å². The summed E-state index contributed by atoms with van der Waals surface area (Å²) >= 11 is 1.69. The Kier molecular flexibility index (Phi) is 6.72. The van der Waals surface area contributed by atoms with Crippen LogP contribution in [0.2, 0.25) is 0 Å². The monoisotopic (exact) mass is 393 g/mol. The number of anilines is 1. The fourth-order valence-corrected chi connectivity index (χ4v) is 4.13. The van der Waals surface area contributed by atoms with Crippen molar-refractivity contribution in [3.8, 4) is 6.07 Å². The van der Waals surface area contributed by atoms with E-state index in [1.807, 2.05) is 43.3 Å². The average molecular weight is 394 g/mol. The van der Waals surface area contributed by atoms with Gasteiger partial charge in [-0.15, -0.1) is 0 Å². The number of hydrogen-bond acceptors (Lipinski definition) is 4. The minimum atomic E-state index is -0.0962. The zero-order chi connectivity index (χ0) is 19.9. The first-order chi connectivity index (χ1) is 13.6. The van der Waals surface area contributed by atoms with Crippen molar-refractivity contribution >= 4 is 29.3 Å². The molecule has 0 radical (unpaired) electrons. The summed E-state index contributed by atoms with van der Waals surface area (Å²) in [7, 11) is 0. The third-order valence-electron chi connectivity index (χ3n) is 4.77. The third-order valence-corrected chi connectivity index (χ3v) is 5.78. The number of carbonyl (C=O) groups excluding carboxylic acids is 2. The smallest absolute Gasteiger partial charge is 0.251 e. The molecule has 2 aromatic carbocycles. The topological polar surface area (TPSA) is 73.2 Å². The van der Waals surface area contributed by atoms with Gasteiger partial charge in [-0.1, -0.05) is 25.1 Å². The molecule has 1 aliphatic rings. The van der Waals surface area contributed by atoms with Crippen LogP contribution in [0.5, 0.6) is 0 Å². The fraction of sp³-hybridized carbons (Fsp3) is 0.318. The average Bonchev–Trinajstić information content (AvgIpc) is 3.16. The highest BCUT2D eigenvalue weighted by Gasteiger charge is 2.24. The quantitative estimate of drug-likeness (QED) is 0.731. The van der Waals surface area contributed by atoms with Crippen LogP contribution in [0.15, 0.2) is 42.5 Å². The van der Waals surface area contributed by atoms with Crippen LogP contribution >= 0.6 is 11.8 Å². The summed E-state index contributed by atoms with van der Waals surface area (Å²) in [6.45, 7) is 3.11. The van der Waals surface area contributed by atoms with Gasteiger partial charge in [0, 0.05) is 42.3 Å². The van der Waals surface area contributed by atoms with Crippen molar-refractivity contribution in [2.24, 2.45) is 0 Å². The van der Waals surface area contributed by atoms with Gasteiger partial charge in [0.25, 0.3) is 5.91 Å². The fourth-order valence-electron chi connectivity index (χ4n) is 3.27. The van der Waals surface area contributed by atoms with Gasteiger partial charge in [-0.2, -0.15) is 17.0 Å². The molecule has 0 unspecified atom stereocenters. The summed E-state index contributed by atoms with van der Waals surface area (Å²) in [5.74, 6) is 1.54. The zero-order valence-electron chi connectivity index (χ0n) is 15.9. The first-order valence-electron chi connectivity index (χ1n) is 9.41. The van der Waals surface area contributed by atoms with Crippen LogP contribution in [0.25, 0.3) is 0 Å². The Balaban J connectivity index is 1.48. The molecule has 0 aliphatic carbocycles. The van der Waals surface area contributed by atoms with E-state index in [0.717, 1.165) is 34.7 Å². The third kappa shape index (κ3) is 4.55. The summed E-state index contributed by atoms with van der Waals surface area (Å²) in [5, 5.41) is 12.1. The van der Waals surface area contributed by atoms with Gasteiger partial charge < -0.3 is 10.2 Å². The highest BCUT2D eigenvalue weighted by atomic mass is 32.2. The minimum absolute atomic E-state index is 0.0962. The maximum Gasteiger partial charge on any atom is 0.251 e. The van der Waals surface area contributed by atoms with Crippen molar-refractivity contribution < 1.29 is 9.59 Å². The molecule has 1 N–H and O–H groups in total. The van der Waals surface area contributed by atoms with Crippen molar-refractivity contribution in [1.29, 1.82) is 5.26 Å². The van der Waals surface area contributed by atoms with E-state index in [2.05, 4.69) is 11.4 Å². The van der Waals surface area contributed by atoms with Crippen LogP contribution in [0.4, 0.5) is 5.69 Å². The van der Waals surface area contributed by atoms with Gasteiger partial charge in [0.15, 0.2) is 0 Å². The number of nitriles is 1. The Morgan fingerprint density at radius 3 is 2.86 bits per heavy atom. The predicted octanol–water partition coefficient (Wildman–Crippen LogP) is 3.52. The SMILES string of the molecule is CCC(=O)N1CCc2cc(C(=O)NCCSCc3ccccc3C#N)ccc21. The lowest BCUT2D eigenvalue weighted by Crippen LogP contribution is -2.28. The molecule has 2 amide bonds. The van der Waals surface area contributed by atoms with E-state index in [1.165, 1.54) is 0 Å². The molecule has 2 aromatic rings. The van der Waals surface area contributed by atoms with E-state index in [1.54, 1.807) is 22.7 Å². The van der Waals surface area contributed by atoms with E-state index in [4.69, 9.17) is 5.26 Å². The van der Waals surface area contributed by atoms with Gasteiger partial charge in [-0.25, -0.2) is 0 Å². The van der Waals surface area contributed by atoms with Crippen LogP contribution in [0, 0.1) is 11.3 Å². The normalized spacial score (nSPS) is 12.4. The molecule has 0 fully saturated rings. The Morgan fingerprint density at radius 1 is 1.25 bits per heavy atom. The number of nitrogens with one attached hydrogen (secondary N) is 1. The maximum atomic E-state index is 12.4. The highest BCUT2D eigenvalue weighted by Crippen LogP contribution is 2.29. The maximum absolute atomic E-state index is 12.4. The van der Waals surface area contributed by atoms with Crippen molar-refractivity contribution in [3.63, 3.8) is 0 Å². The molecule has 144 valence electrons. The molecular formula is C22H23N3O2S. The summed E-state index contributed by atoms with van der Waals surface area (Å²) in [6, 6.07) is 15.3. The van der Waals surface area contributed by atoms with E-state index in [0.29, 0.717) is 30.6 Å². The minimum Gasteiger partial charge on any atom is -0.351 e. The van der Waals surface area contributed by atoms with Crippen molar-refractivity contribution in [2.45, 2.75) is 25.5 Å². The summed E-state index contributed by atoms with van der Waals surface area (Å²) in [5.41, 5.74) is 4.33. The Labute approximate surface area is 169 Å². The van der Waals surface area contributed by atoms with E-state index < -0.39 is 0 Å². The lowest BCUT2D eigenvalue weighted by molar-refractivity contribution is -0.118. The Morgan fingerprint density at radius 2 is 2.07 bits per heavy atom. The van der Waals surface area contributed by atoms with Crippen LogP contribution in [-0.4, -0.2) is 30.7 Å². The molecule has 1 aliphatic heterocycles. The number of hydrogen-bond donors (Lipinski definition) is 1. The van der Waals surface area contributed by atoms with E-state index >= 15 is 0 Å². The molecule has 3 rings (SSSR count). The summed E-state index contributed by atoms with van der Waals surface area (Å²) in [6.07, 6.45) is 1.27. The number of thioether (sulfide) groups is 1. The van der Waals surface area contributed by atoms with Crippen LogP contribution in [0.3, 0.4) is 0 Å². The van der Waals surface area contributed by atoms with Crippen molar-refractivity contribution in [1.82, 2.24) is 5.32 Å². The second-order valence-electron chi connectivity index (χ2n) is 6.57. The van der Waals surface area contributed by atoms with Crippen LogP contribution in [0.1, 0.15) is 40.4 Å². The molecule has 0 spiro atoms. The van der Waals surface area contributed by atoms with Gasteiger partial charge in [0.05, 0.1) is 11.6 Å². The van der Waals surface area contributed by atoms with Gasteiger partial charge in [0.1, 0.15) is 0 Å². The predicted molar refractivity (Wildman–Crippen MR) is 112 cm³/mol. The molecule has 0 bridgehead atoms. The highest BCUT2D eigenvalue weighted by molar-refractivity contribution is 7.98. The zero-order valence-corrected chi connectivity index (χ0v) is 16.7. The van der Waals surface area contributed by atoms with E-state index in [9.17, 15) is 9.59 Å². The number of nitrogens with zero attached hydrogens (tertiary/aromatic N) is 2. The van der Waals surface area contributed by atoms with Gasteiger partial charge in [0.2, 0.25) is 5.91 Å². The first-order valence-corrected chi connectivity index (χ1v) is 10.6. The largest absolute Gasteiger partial charge is 0.351 e. The molecule has 1 heterocycles. The molecule has 28 heavy (non-hydrogen) atoms. The molecule has 0 saturated heterocycles. The number of amides is 2. The number of benzene rings is 2. The second-order valence-corrected chi connectivity index (χ2v) is 7.68. The number of carbonyl (C=O) groups is 2. The first kappa shape index (κ1) is 20.0. The molecule has 0 aromatic heterocycles. The Bertz CT molecular complexity index is 920.